The maximum absolute atomic E-state index is 13.2. The molecule has 0 radical (unpaired) electrons. The minimum Gasteiger partial charge on any atom is -0.349 e. The van der Waals surface area contributed by atoms with Crippen molar-refractivity contribution >= 4 is 0 Å². The summed E-state index contributed by atoms with van der Waals surface area (Å²) < 4.78 is 91.1. The van der Waals surface area contributed by atoms with Crippen LogP contribution in [-0.4, -0.2) is 24.3 Å². The molecule has 35 heavy (non-hydrogen) atoms. The lowest BCUT2D eigenvalue weighted by Crippen LogP contribution is -2.46. The molecule has 1 aliphatic rings. The fourth-order valence-electron chi connectivity index (χ4n) is 4.12. The predicted molar refractivity (Wildman–Crippen MR) is 117 cm³/mol. The number of morpholine rings is 1. The molecule has 3 aromatic carbocycles. The molecular formula is C26H23F6NO2. The van der Waals surface area contributed by atoms with Crippen LogP contribution in [0.1, 0.15) is 33.9 Å². The van der Waals surface area contributed by atoms with Crippen molar-refractivity contribution in [1.29, 1.82) is 0 Å². The van der Waals surface area contributed by atoms with E-state index in [2.05, 4.69) is 4.90 Å². The highest BCUT2D eigenvalue weighted by atomic mass is 19.4. The quantitative estimate of drug-likeness (QED) is 0.350. The summed E-state index contributed by atoms with van der Waals surface area (Å²) in [5.41, 5.74) is -1.06. The average molecular weight is 495 g/mol. The molecule has 0 aliphatic carbocycles. The second-order valence-electron chi connectivity index (χ2n) is 8.28. The van der Waals surface area contributed by atoms with Crippen molar-refractivity contribution in [2.75, 3.05) is 13.2 Å². The van der Waals surface area contributed by atoms with E-state index >= 15 is 0 Å². The van der Waals surface area contributed by atoms with Gasteiger partial charge in [0.2, 0.25) is 0 Å². The maximum Gasteiger partial charge on any atom is 0.416 e. The Balaban J connectivity index is 1.60. The summed E-state index contributed by atoms with van der Waals surface area (Å²) >= 11 is 0. The largest absolute Gasteiger partial charge is 0.416 e. The summed E-state index contributed by atoms with van der Waals surface area (Å²) in [6, 6.07) is 20.1. The smallest absolute Gasteiger partial charge is 0.349 e. The van der Waals surface area contributed by atoms with Gasteiger partial charge in [-0.25, -0.2) is 0 Å². The maximum atomic E-state index is 13.2. The van der Waals surface area contributed by atoms with Crippen molar-refractivity contribution in [2.24, 2.45) is 0 Å². The Morgan fingerprint density at radius 2 is 1.34 bits per heavy atom. The molecular weight excluding hydrogens is 472 g/mol. The van der Waals surface area contributed by atoms with Gasteiger partial charge in [-0.15, -0.1) is 0 Å². The van der Waals surface area contributed by atoms with E-state index in [9.17, 15) is 26.3 Å². The lowest BCUT2D eigenvalue weighted by molar-refractivity contribution is -0.218. The van der Waals surface area contributed by atoms with E-state index in [1.165, 1.54) is 0 Å². The first-order valence-electron chi connectivity index (χ1n) is 11.0. The zero-order chi connectivity index (χ0) is 25.1. The van der Waals surface area contributed by atoms with E-state index in [0.29, 0.717) is 31.8 Å². The van der Waals surface area contributed by atoms with Gasteiger partial charge >= 0.3 is 12.4 Å². The van der Waals surface area contributed by atoms with Crippen LogP contribution in [0.25, 0.3) is 0 Å². The normalized spacial score (nSPS) is 19.6. The van der Waals surface area contributed by atoms with Gasteiger partial charge in [0.1, 0.15) is 0 Å². The highest BCUT2D eigenvalue weighted by molar-refractivity contribution is 5.33. The Bertz CT molecular complexity index is 1070. The van der Waals surface area contributed by atoms with Crippen LogP contribution in [0.3, 0.4) is 0 Å². The van der Waals surface area contributed by atoms with E-state index in [1.54, 1.807) is 0 Å². The summed E-state index contributed by atoms with van der Waals surface area (Å²) in [5.74, 6) is 0. The molecule has 0 aromatic heterocycles. The highest BCUT2D eigenvalue weighted by Crippen LogP contribution is 2.37. The number of halogens is 6. The zero-order valence-corrected chi connectivity index (χ0v) is 18.5. The molecule has 1 saturated heterocycles. The average Bonchev–Trinajstić information content (AvgIpc) is 2.83. The van der Waals surface area contributed by atoms with Gasteiger partial charge in [0.15, 0.2) is 6.29 Å². The Morgan fingerprint density at radius 3 is 1.91 bits per heavy atom. The van der Waals surface area contributed by atoms with Gasteiger partial charge in [-0.2, -0.15) is 26.3 Å². The summed E-state index contributed by atoms with van der Waals surface area (Å²) in [6.07, 6.45) is -10.7. The summed E-state index contributed by atoms with van der Waals surface area (Å²) in [4.78, 5) is 2.13. The second-order valence-corrected chi connectivity index (χ2v) is 8.28. The van der Waals surface area contributed by atoms with Crippen LogP contribution in [-0.2, 0) is 35.0 Å². The first-order chi connectivity index (χ1) is 16.6. The van der Waals surface area contributed by atoms with Gasteiger partial charge in [-0.1, -0.05) is 60.7 Å². The summed E-state index contributed by atoms with van der Waals surface area (Å²) in [6.45, 7) is 0.985. The number of rotatable bonds is 6. The molecule has 0 bridgehead atoms. The number of nitrogens with zero attached hydrogens (tertiary/aromatic N) is 1. The van der Waals surface area contributed by atoms with Crippen molar-refractivity contribution in [3.63, 3.8) is 0 Å². The van der Waals surface area contributed by atoms with Crippen molar-refractivity contribution in [1.82, 2.24) is 4.90 Å². The molecule has 0 N–H and O–H groups in total. The number of hydrogen-bond donors (Lipinski definition) is 0. The Hall–Kier alpha value is -2.88. The number of ether oxygens (including phenoxy) is 2. The first kappa shape index (κ1) is 25.2. The third kappa shape index (κ3) is 6.42. The summed E-state index contributed by atoms with van der Waals surface area (Å²) in [7, 11) is 0. The lowest BCUT2D eigenvalue weighted by Gasteiger charge is -2.41. The Kier molecular flexibility index (Phi) is 7.49. The van der Waals surface area contributed by atoms with Crippen LogP contribution >= 0.6 is 0 Å². The molecule has 2 unspecified atom stereocenters. The summed E-state index contributed by atoms with van der Waals surface area (Å²) in [5, 5.41) is 0. The minimum atomic E-state index is -4.92. The molecule has 4 rings (SSSR count). The van der Waals surface area contributed by atoms with Crippen molar-refractivity contribution < 1.29 is 35.8 Å². The molecule has 186 valence electrons. The molecule has 1 aliphatic heterocycles. The predicted octanol–water partition coefficient (Wildman–Crippen LogP) is 6.84. The SMILES string of the molecule is FC(F)(F)c1cc(COC2OCCN(Cc3ccccc3)C2c2ccccc2)cc(C(F)(F)F)c1. The Morgan fingerprint density at radius 1 is 0.771 bits per heavy atom. The Labute approximate surface area is 198 Å². The van der Waals surface area contributed by atoms with Gasteiger partial charge in [-0.3, -0.25) is 4.90 Å². The van der Waals surface area contributed by atoms with Crippen LogP contribution in [0, 0.1) is 0 Å². The molecule has 9 heteroatoms. The molecule has 3 nitrogen and oxygen atoms in total. The van der Waals surface area contributed by atoms with E-state index in [-0.39, 0.29) is 11.6 Å². The van der Waals surface area contributed by atoms with E-state index in [0.717, 1.165) is 11.1 Å². The second kappa shape index (κ2) is 10.4. The zero-order valence-electron chi connectivity index (χ0n) is 18.5. The molecule has 1 fully saturated rings. The van der Waals surface area contributed by atoms with Gasteiger partial charge in [0.25, 0.3) is 0 Å². The van der Waals surface area contributed by atoms with Crippen LogP contribution < -0.4 is 0 Å². The van der Waals surface area contributed by atoms with E-state index in [4.69, 9.17) is 9.47 Å². The van der Waals surface area contributed by atoms with Crippen molar-refractivity contribution in [3.05, 3.63) is 107 Å². The first-order valence-corrected chi connectivity index (χ1v) is 11.0. The van der Waals surface area contributed by atoms with Gasteiger partial charge in [0, 0.05) is 13.1 Å². The molecule has 0 saturated carbocycles. The van der Waals surface area contributed by atoms with Crippen LogP contribution in [0.4, 0.5) is 26.3 Å². The van der Waals surface area contributed by atoms with Gasteiger partial charge in [0.05, 0.1) is 30.4 Å². The van der Waals surface area contributed by atoms with Crippen LogP contribution in [0.15, 0.2) is 78.9 Å². The monoisotopic (exact) mass is 495 g/mol. The lowest BCUT2D eigenvalue weighted by atomic mass is 10.0. The third-order valence-corrected chi connectivity index (χ3v) is 5.74. The molecule has 1 heterocycles. The number of hydrogen-bond acceptors (Lipinski definition) is 3. The standard InChI is InChI=1S/C26H23F6NO2/c27-25(28,29)21-13-19(14-22(15-21)26(30,31)32)17-35-24-23(20-9-5-2-6-10-20)33(11-12-34-24)16-18-7-3-1-4-8-18/h1-10,13-15,23-24H,11-12,16-17H2. The van der Waals surface area contributed by atoms with E-state index < -0.39 is 42.4 Å². The number of alkyl halides is 6. The molecule has 0 amide bonds. The van der Waals surface area contributed by atoms with Crippen LogP contribution in [0.2, 0.25) is 0 Å². The minimum absolute atomic E-state index is 0.106. The topological polar surface area (TPSA) is 21.7 Å². The van der Waals surface area contributed by atoms with Gasteiger partial charge < -0.3 is 9.47 Å². The fourth-order valence-corrected chi connectivity index (χ4v) is 4.12. The molecule has 2 atom stereocenters. The number of benzene rings is 3. The highest BCUT2D eigenvalue weighted by Gasteiger charge is 2.38. The van der Waals surface area contributed by atoms with E-state index in [1.807, 2.05) is 60.7 Å². The van der Waals surface area contributed by atoms with Crippen molar-refractivity contribution in [3.8, 4) is 0 Å². The molecule has 0 spiro atoms. The van der Waals surface area contributed by atoms with Gasteiger partial charge in [-0.05, 0) is 34.9 Å². The molecule has 3 aromatic rings. The third-order valence-electron chi connectivity index (χ3n) is 5.74. The van der Waals surface area contributed by atoms with Crippen molar-refractivity contribution in [2.45, 2.75) is 37.8 Å². The van der Waals surface area contributed by atoms with Crippen LogP contribution in [0.5, 0.6) is 0 Å². The fraction of sp³-hybridized carbons (Fsp3) is 0.308.